The van der Waals surface area contributed by atoms with Gasteiger partial charge in [-0.05, 0) is 0 Å². The fourth-order valence-corrected chi connectivity index (χ4v) is 1.36. The van der Waals surface area contributed by atoms with Crippen molar-refractivity contribution in [3.8, 4) is 0 Å². The van der Waals surface area contributed by atoms with Crippen LogP contribution in [-0.2, 0) is 24.9 Å². The molecule has 0 aliphatic rings. The van der Waals surface area contributed by atoms with Gasteiger partial charge in [-0.3, -0.25) is 4.79 Å². The van der Waals surface area contributed by atoms with E-state index in [4.69, 9.17) is 5.73 Å². The third-order valence-corrected chi connectivity index (χ3v) is 2.10. The highest BCUT2D eigenvalue weighted by atomic mass is 16.1. The van der Waals surface area contributed by atoms with Gasteiger partial charge in [0.2, 0.25) is 5.91 Å². The Balaban J connectivity index is 2.64. The van der Waals surface area contributed by atoms with Gasteiger partial charge in [-0.15, -0.1) is 4.68 Å². The number of carbonyl (C=O) groups is 1. The number of carbonyl (C=O) groups excluding carboxylic acids is 1. The van der Waals surface area contributed by atoms with Crippen LogP contribution >= 0.6 is 0 Å². The molecule has 1 amide bonds. The first kappa shape index (κ1) is 11.7. The molecule has 0 aliphatic heterocycles. The number of rotatable bonds is 5. The first-order chi connectivity index (χ1) is 6.99. The van der Waals surface area contributed by atoms with Crippen LogP contribution in [0, 0.1) is 0 Å². The van der Waals surface area contributed by atoms with Gasteiger partial charge in [-0.1, -0.05) is 13.8 Å². The lowest BCUT2D eigenvalue weighted by molar-refractivity contribution is -0.752. The normalized spacial score (nSPS) is 10.9. The zero-order valence-electron chi connectivity index (χ0n) is 9.53. The van der Waals surface area contributed by atoms with Gasteiger partial charge >= 0.3 is 0 Å². The summed E-state index contributed by atoms with van der Waals surface area (Å²) >= 11 is 0. The summed E-state index contributed by atoms with van der Waals surface area (Å²) in [7, 11) is 1.89. The van der Waals surface area contributed by atoms with Crippen LogP contribution in [0.15, 0.2) is 12.4 Å². The highest BCUT2D eigenvalue weighted by Crippen LogP contribution is 1.96. The number of nitrogens with zero attached hydrogens (tertiary/aromatic N) is 2. The first-order valence-electron chi connectivity index (χ1n) is 5.05. The third-order valence-electron chi connectivity index (χ3n) is 2.10. The van der Waals surface area contributed by atoms with Crippen LogP contribution in [0.5, 0.6) is 0 Å². The Morgan fingerprint density at radius 3 is 2.87 bits per heavy atom. The van der Waals surface area contributed by atoms with E-state index >= 15 is 0 Å². The Labute approximate surface area is 89.9 Å². The van der Waals surface area contributed by atoms with E-state index in [-0.39, 0.29) is 12.5 Å². The van der Waals surface area contributed by atoms with E-state index in [0.29, 0.717) is 6.04 Å². The van der Waals surface area contributed by atoms with Gasteiger partial charge in [0.05, 0.1) is 11.8 Å². The van der Waals surface area contributed by atoms with Crippen molar-refractivity contribution in [2.75, 3.05) is 0 Å². The number of aryl methyl sites for hydroxylation is 1. The molecule has 0 atom stereocenters. The van der Waals surface area contributed by atoms with Gasteiger partial charge in [0.1, 0.15) is 0 Å². The van der Waals surface area contributed by atoms with Crippen molar-refractivity contribution >= 4 is 5.91 Å². The van der Waals surface area contributed by atoms with Crippen LogP contribution in [0.2, 0.25) is 0 Å². The molecule has 0 saturated carbocycles. The predicted octanol–water partition coefficient (Wildman–Crippen LogP) is -0.704. The summed E-state index contributed by atoms with van der Waals surface area (Å²) in [6.07, 6.45) is 3.92. The predicted molar refractivity (Wildman–Crippen MR) is 56.8 cm³/mol. The molecule has 15 heavy (non-hydrogen) atoms. The average molecular weight is 211 g/mol. The third kappa shape index (κ3) is 3.71. The lowest BCUT2D eigenvalue weighted by atomic mass is 10.3. The molecule has 0 aliphatic carbocycles. The molecule has 5 nitrogen and oxygen atoms in total. The molecule has 0 radical (unpaired) electrons. The van der Waals surface area contributed by atoms with Crippen LogP contribution in [0.25, 0.3) is 0 Å². The van der Waals surface area contributed by atoms with Crippen molar-refractivity contribution in [2.24, 2.45) is 12.8 Å². The second-order valence-electron chi connectivity index (χ2n) is 4.01. The lowest BCUT2D eigenvalue weighted by Crippen LogP contribution is -2.40. The summed E-state index contributed by atoms with van der Waals surface area (Å²) in [4.78, 5) is 10.8. The molecule has 3 N–H and O–H groups in total. The Morgan fingerprint density at radius 2 is 2.33 bits per heavy atom. The smallest absolute Gasteiger partial charge is 0.243 e. The van der Waals surface area contributed by atoms with E-state index in [9.17, 15) is 4.79 Å². The second-order valence-corrected chi connectivity index (χ2v) is 4.01. The Kier molecular flexibility index (Phi) is 3.85. The minimum Gasteiger partial charge on any atom is -0.368 e. The van der Waals surface area contributed by atoms with Gasteiger partial charge in [-0.2, -0.15) is 4.68 Å². The summed E-state index contributed by atoms with van der Waals surface area (Å²) in [6.45, 7) is 5.22. The van der Waals surface area contributed by atoms with Crippen LogP contribution in [0.4, 0.5) is 0 Å². The van der Waals surface area contributed by atoms with Gasteiger partial charge in [-0.25, -0.2) is 0 Å². The zero-order chi connectivity index (χ0) is 11.4. The van der Waals surface area contributed by atoms with Gasteiger partial charge < -0.3 is 11.1 Å². The number of nitrogens with two attached hydrogens (primary N) is 1. The molecule has 0 spiro atoms. The van der Waals surface area contributed by atoms with Crippen LogP contribution in [0.1, 0.15) is 19.4 Å². The SMILES string of the molecule is CC(C)NCc1cn(CC(N)=O)[n+](C)c1. The lowest BCUT2D eigenvalue weighted by Gasteiger charge is -2.03. The molecule has 1 rings (SSSR count). The highest BCUT2D eigenvalue weighted by molar-refractivity contribution is 5.73. The first-order valence-corrected chi connectivity index (χ1v) is 5.05. The molecule has 5 heteroatoms. The van der Waals surface area contributed by atoms with E-state index < -0.39 is 0 Å². The van der Waals surface area contributed by atoms with Gasteiger partial charge in [0.15, 0.2) is 19.8 Å². The molecular weight excluding hydrogens is 192 g/mol. The Bertz CT molecular complexity index is 343. The van der Waals surface area contributed by atoms with E-state index in [1.165, 1.54) is 0 Å². The largest absolute Gasteiger partial charge is 0.368 e. The maximum atomic E-state index is 10.8. The Hall–Kier alpha value is -1.36. The van der Waals surface area contributed by atoms with Crippen molar-refractivity contribution in [2.45, 2.75) is 33.0 Å². The molecule has 1 aromatic heterocycles. The maximum absolute atomic E-state index is 10.8. The number of primary amides is 1. The number of hydrogen-bond donors (Lipinski definition) is 2. The number of hydrogen-bond acceptors (Lipinski definition) is 2. The molecule has 0 fully saturated rings. The van der Waals surface area contributed by atoms with E-state index in [1.807, 2.05) is 24.1 Å². The number of aromatic nitrogens is 2. The average Bonchev–Trinajstić information content (AvgIpc) is 2.43. The summed E-state index contributed by atoms with van der Waals surface area (Å²) in [5, 5.41) is 3.31. The van der Waals surface area contributed by atoms with E-state index in [0.717, 1.165) is 12.1 Å². The van der Waals surface area contributed by atoms with Crippen molar-refractivity contribution in [1.82, 2.24) is 10.00 Å². The molecule has 0 unspecified atom stereocenters. The molecular formula is C10H19N4O+. The quantitative estimate of drug-likeness (QED) is 0.632. The molecule has 0 saturated heterocycles. The van der Waals surface area contributed by atoms with Crippen molar-refractivity contribution < 1.29 is 9.48 Å². The fraction of sp³-hybridized carbons (Fsp3) is 0.600. The van der Waals surface area contributed by atoms with Crippen LogP contribution < -0.4 is 15.7 Å². The van der Waals surface area contributed by atoms with Crippen LogP contribution in [0.3, 0.4) is 0 Å². The molecule has 84 valence electrons. The van der Waals surface area contributed by atoms with Crippen molar-refractivity contribution in [3.63, 3.8) is 0 Å². The van der Waals surface area contributed by atoms with Crippen LogP contribution in [-0.4, -0.2) is 16.6 Å². The summed E-state index contributed by atoms with van der Waals surface area (Å²) in [5.74, 6) is -0.329. The molecule has 0 bridgehead atoms. The van der Waals surface area contributed by atoms with E-state index in [2.05, 4.69) is 19.2 Å². The van der Waals surface area contributed by atoms with Gasteiger partial charge in [0, 0.05) is 12.6 Å². The monoisotopic (exact) mass is 211 g/mol. The highest BCUT2D eigenvalue weighted by Gasteiger charge is 2.10. The van der Waals surface area contributed by atoms with E-state index in [1.54, 1.807) is 4.68 Å². The van der Waals surface area contributed by atoms with Gasteiger partial charge in [0.25, 0.3) is 0 Å². The molecule has 1 aromatic rings. The second kappa shape index (κ2) is 4.93. The fourth-order valence-electron chi connectivity index (χ4n) is 1.36. The minimum atomic E-state index is -0.329. The topological polar surface area (TPSA) is 63.9 Å². The summed E-state index contributed by atoms with van der Waals surface area (Å²) < 4.78 is 3.65. The Morgan fingerprint density at radius 1 is 1.67 bits per heavy atom. The van der Waals surface area contributed by atoms with Crippen molar-refractivity contribution in [3.05, 3.63) is 18.0 Å². The minimum absolute atomic E-state index is 0.220. The maximum Gasteiger partial charge on any atom is 0.243 e. The zero-order valence-corrected chi connectivity index (χ0v) is 9.53. The molecule has 0 aromatic carbocycles. The standard InChI is InChI=1S/C10H18N4O/c1-8(2)12-4-9-5-13(3)14(6-9)7-10(11)15/h5-6,8,12H,4,7H2,1-3H3,(H-,11,15)/p+1. The summed E-state index contributed by atoms with van der Waals surface area (Å²) in [5.41, 5.74) is 6.28. The number of nitrogens with one attached hydrogen (secondary N) is 1. The van der Waals surface area contributed by atoms with Crippen molar-refractivity contribution in [1.29, 1.82) is 0 Å². The summed E-state index contributed by atoms with van der Waals surface area (Å²) in [6, 6.07) is 0.454. The molecule has 1 heterocycles. The number of amides is 1.